The van der Waals surface area contributed by atoms with Crippen molar-refractivity contribution in [3.63, 3.8) is 0 Å². The van der Waals surface area contributed by atoms with Crippen LogP contribution in [0.15, 0.2) is 72.8 Å². The standard InChI is InChI=1S/C39H48N4O7S/c1-38(2,3)50-37(48)43-32(39(4,5)51-7)35(46)42-31(34(45)41-30-14-10-12-25-11-8-9-13-29(25)30)23-24-15-21-28(22-16-24)40-33(44)26-17-19-27(20-18-26)36(47)49-6/h8-9,11,13,15-22,30-32H,10,12,14,23H2,1-7H3,(H,40,44)(H,41,45)(H,42,46)(H,43,48)/t30-,31+,32-/m1/s1. The first-order valence-corrected chi connectivity index (χ1v) is 18.1. The van der Waals surface area contributed by atoms with E-state index in [0.29, 0.717) is 16.8 Å². The Morgan fingerprint density at radius 3 is 2.12 bits per heavy atom. The van der Waals surface area contributed by atoms with Gasteiger partial charge in [0.25, 0.3) is 5.91 Å². The number of aryl methyl sites for hydroxylation is 1. The molecule has 1 aliphatic rings. The number of fused-ring (bicyclic) bond motifs is 1. The minimum atomic E-state index is -1.02. The van der Waals surface area contributed by atoms with E-state index in [-0.39, 0.29) is 24.3 Å². The summed E-state index contributed by atoms with van der Waals surface area (Å²) in [7, 11) is 1.29. The van der Waals surface area contributed by atoms with Gasteiger partial charge in [-0.15, -0.1) is 0 Å². The molecule has 1 aliphatic carbocycles. The second kappa shape index (κ2) is 16.9. The molecule has 3 atom stereocenters. The van der Waals surface area contributed by atoms with Crippen LogP contribution in [0.25, 0.3) is 0 Å². The molecule has 4 N–H and O–H groups in total. The monoisotopic (exact) mass is 716 g/mol. The number of benzene rings is 3. The molecular weight excluding hydrogens is 669 g/mol. The maximum absolute atomic E-state index is 14.0. The van der Waals surface area contributed by atoms with E-state index in [1.54, 1.807) is 45.0 Å². The second-order valence-electron chi connectivity index (χ2n) is 14.0. The summed E-state index contributed by atoms with van der Waals surface area (Å²) in [5.41, 5.74) is 3.44. The summed E-state index contributed by atoms with van der Waals surface area (Å²) in [5.74, 6) is -1.73. The van der Waals surface area contributed by atoms with Crippen molar-refractivity contribution in [3.05, 3.63) is 101 Å². The highest BCUT2D eigenvalue weighted by Gasteiger charge is 2.39. The fourth-order valence-corrected chi connectivity index (χ4v) is 6.18. The lowest BCUT2D eigenvalue weighted by atomic mass is 9.87. The van der Waals surface area contributed by atoms with Crippen molar-refractivity contribution in [2.24, 2.45) is 0 Å². The van der Waals surface area contributed by atoms with Crippen LogP contribution in [-0.4, -0.2) is 65.6 Å². The van der Waals surface area contributed by atoms with Crippen LogP contribution < -0.4 is 21.3 Å². The van der Waals surface area contributed by atoms with Gasteiger partial charge in [-0.05, 0) is 113 Å². The minimum absolute atomic E-state index is 0.147. The maximum Gasteiger partial charge on any atom is 0.408 e. The number of ether oxygens (including phenoxy) is 2. The zero-order chi connectivity index (χ0) is 37.3. The van der Waals surface area contributed by atoms with Gasteiger partial charge in [0.05, 0.1) is 18.7 Å². The predicted molar refractivity (Wildman–Crippen MR) is 199 cm³/mol. The molecule has 0 aromatic heterocycles. The minimum Gasteiger partial charge on any atom is -0.465 e. The number of hydrogen-bond donors (Lipinski definition) is 4. The Labute approximate surface area is 304 Å². The van der Waals surface area contributed by atoms with Crippen LogP contribution in [0.2, 0.25) is 0 Å². The van der Waals surface area contributed by atoms with Crippen LogP contribution in [0.5, 0.6) is 0 Å². The number of amides is 4. The fraction of sp³-hybridized carbons (Fsp3) is 0.410. The molecule has 4 amide bonds. The third-order valence-electron chi connectivity index (χ3n) is 8.68. The highest BCUT2D eigenvalue weighted by molar-refractivity contribution is 8.00. The Morgan fingerprint density at radius 1 is 0.843 bits per heavy atom. The van der Waals surface area contributed by atoms with E-state index in [0.717, 1.165) is 30.4 Å². The Hall–Kier alpha value is -4.84. The van der Waals surface area contributed by atoms with Crippen molar-refractivity contribution in [2.45, 2.75) is 88.8 Å². The molecule has 0 saturated carbocycles. The van der Waals surface area contributed by atoms with Crippen LogP contribution in [0.3, 0.4) is 0 Å². The lowest BCUT2D eigenvalue weighted by Gasteiger charge is -2.34. The number of esters is 1. The van der Waals surface area contributed by atoms with E-state index < -0.39 is 40.4 Å². The quantitative estimate of drug-likeness (QED) is 0.167. The first-order chi connectivity index (χ1) is 24.1. The molecule has 272 valence electrons. The number of carbonyl (C=O) groups excluding carboxylic acids is 5. The van der Waals surface area contributed by atoms with E-state index in [9.17, 15) is 24.0 Å². The zero-order valence-electron chi connectivity index (χ0n) is 30.3. The molecule has 0 fully saturated rings. The lowest BCUT2D eigenvalue weighted by molar-refractivity contribution is -0.130. The number of carbonyl (C=O) groups is 5. The summed E-state index contributed by atoms with van der Waals surface area (Å²) in [6.07, 6.45) is 3.89. The van der Waals surface area contributed by atoms with Crippen molar-refractivity contribution in [2.75, 3.05) is 18.7 Å². The van der Waals surface area contributed by atoms with Crippen molar-refractivity contribution < 1.29 is 33.4 Å². The van der Waals surface area contributed by atoms with Gasteiger partial charge in [-0.1, -0.05) is 36.4 Å². The zero-order valence-corrected chi connectivity index (χ0v) is 31.1. The smallest absolute Gasteiger partial charge is 0.408 e. The SMILES string of the molecule is COC(=O)c1ccc(C(=O)Nc2ccc(C[C@H](NC(=O)[C@@H](NC(=O)OC(C)(C)C)C(C)(C)SC)C(=O)N[C@@H]3CCCc4ccccc43)cc2)cc1. The van der Waals surface area contributed by atoms with Gasteiger partial charge in [0, 0.05) is 22.4 Å². The third kappa shape index (κ3) is 10.8. The largest absolute Gasteiger partial charge is 0.465 e. The molecule has 0 spiro atoms. The van der Waals surface area contributed by atoms with Crippen LogP contribution >= 0.6 is 11.8 Å². The third-order valence-corrected chi connectivity index (χ3v) is 9.97. The second-order valence-corrected chi connectivity index (χ2v) is 15.5. The van der Waals surface area contributed by atoms with Crippen molar-refractivity contribution in [1.29, 1.82) is 0 Å². The van der Waals surface area contributed by atoms with Gasteiger partial charge in [0.1, 0.15) is 17.7 Å². The van der Waals surface area contributed by atoms with E-state index in [1.807, 2.05) is 38.3 Å². The fourth-order valence-electron chi connectivity index (χ4n) is 5.78. The molecule has 0 unspecified atom stereocenters. The number of hydrogen-bond acceptors (Lipinski definition) is 8. The van der Waals surface area contributed by atoms with Crippen molar-refractivity contribution in [1.82, 2.24) is 16.0 Å². The normalized spacial score (nSPS) is 15.3. The highest BCUT2D eigenvalue weighted by Crippen LogP contribution is 2.30. The van der Waals surface area contributed by atoms with Crippen LogP contribution in [0.1, 0.15) is 90.9 Å². The molecule has 12 heteroatoms. The van der Waals surface area contributed by atoms with E-state index >= 15 is 0 Å². The van der Waals surface area contributed by atoms with Crippen LogP contribution in [0, 0.1) is 0 Å². The Balaban J connectivity index is 1.54. The number of anilines is 1. The molecule has 3 aromatic rings. The van der Waals surface area contributed by atoms with Crippen LogP contribution in [-0.2, 0) is 31.9 Å². The van der Waals surface area contributed by atoms with Crippen LogP contribution in [0.4, 0.5) is 10.5 Å². The lowest BCUT2D eigenvalue weighted by Crippen LogP contribution is -2.60. The average Bonchev–Trinajstić information content (AvgIpc) is 3.10. The molecule has 0 heterocycles. The van der Waals surface area contributed by atoms with Gasteiger partial charge in [0.2, 0.25) is 11.8 Å². The maximum atomic E-state index is 14.0. The molecule has 0 aliphatic heterocycles. The summed E-state index contributed by atoms with van der Waals surface area (Å²) < 4.78 is 9.42. The van der Waals surface area contributed by atoms with Gasteiger partial charge in [-0.25, -0.2) is 9.59 Å². The summed E-state index contributed by atoms with van der Waals surface area (Å²) in [4.78, 5) is 65.4. The highest BCUT2D eigenvalue weighted by atomic mass is 32.2. The molecule has 11 nitrogen and oxygen atoms in total. The van der Waals surface area contributed by atoms with Gasteiger partial charge in [-0.2, -0.15) is 11.8 Å². The number of alkyl carbamates (subject to hydrolysis) is 1. The molecule has 0 radical (unpaired) electrons. The molecule has 3 aromatic carbocycles. The summed E-state index contributed by atoms with van der Waals surface area (Å²) in [6.45, 7) is 8.91. The topological polar surface area (TPSA) is 152 Å². The van der Waals surface area contributed by atoms with Crippen molar-refractivity contribution in [3.8, 4) is 0 Å². The van der Waals surface area contributed by atoms with Gasteiger partial charge in [-0.3, -0.25) is 14.4 Å². The van der Waals surface area contributed by atoms with Gasteiger partial charge < -0.3 is 30.7 Å². The molecule has 4 rings (SSSR count). The Kier molecular flexibility index (Phi) is 12.9. The Morgan fingerprint density at radius 2 is 1.49 bits per heavy atom. The van der Waals surface area contributed by atoms with E-state index in [2.05, 4.69) is 27.3 Å². The summed E-state index contributed by atoms with van der Waals surface area (Å²) >= 11 is 1.40. The first kappa shape index (κ1) is 39.0. The first-order valence-electron chi connectivity index (χ1n) is 16.9. The molecule has 51 heavy (non-hydrogen) atoms. The Bertz CT molecular complexity index is 1720. The van der Waals surface area contributed by atoms with E-state index in [4.69, 9.17) is 9.47 Å². The van der Waals surface area contributed by atoms with Gasteiger partial charge in [0.15, 0.2) is 0 Å². The van der Waals surface area contributed by atoms with Gasteiger partial charge >= 0.3 is 12.1 Å². The summed E-state index contributed by atoms with van der Waals surface area (Å²) in [5, 5.41) is 11.7. The number of nitrogens with one attached hydrogen (secondary N) is 4. The molecular formula is C39H48N4O7S. The summed E-state index contributed by atoms with van der Waals surface area (Å²) in [6, 6.07) is 18.9. The average molecular weight is 717 g/mol. The number of methoxy groups -OCH3 is 1. The molecule has 0 bridgehead atoms. The molecule has 0 saturated heterocycles. The van der Waals surface area contributed by atoms with E-state index in [1.165, 1.54) is 48.7 Å². The predicted octanol–water partition coefficient (Wildman–Crippen LogP) is 5.98. The number of rotatable bonds is 12. The van der Waals surface area contributed by atoms with Crippen molar-refractivity contribution >= 4 is 47.2 Å². The number of thioether (sulfide) groups is 1.